The Morgan fingerprint density at radius 3 is 2.96 bits per heavy atom. The van der Waals surface area contributed by atoms with Crippen LogP contribution in [0.5, 0.6) is 0 Å². The molecule has 1 unspecified atom stereocenters. The fourth-order valence-corrected chi connectivity index (χ4v) is 3.40. The second-order valence-electron chi connectivity index (χ2n) is 6.53. The zero-order valence-electron chi connectivity index (χ0n) is 14.7. The zero-order chi connectivity index (χ0) is 17.9. The van der Waals surface area contributed by atoms with Crippen molar-refractivity contribution in [2.24, 2.45) is 0 Å². The van der Waals surface area contributed by atoms with E-state index in [1.54, 1.807) is 13.3 Å². The van der Waals surface area contributed by atoms with Gasteiger partial charge >= 0.3 is 0 Å². The van der Waals surface area contributed by atoms with Gasteiger partial charge in [-0.05, 0) is 24.3 Å². The molecule has 7 heteroatoms. The van der Waals surface area contributed by atoms with Crippen LogP contribution in [0.15, 0.2) is 36.5 Å². The molecule has 1 atom stereocenters. The first kappa shape index (κ1) is 16.7. The van der Waals surface area contributed by atoms with Crippen molar-refractivity contribution in [1.82, 2.24) is 25.1 Å². The predicted molar refractivity (Wildman–Crippen MR) is 96.7 cm³/mol. The van der Waals surface area contributed by atoms with Crippen LogP contribution in [0, 0.1) is 0 Å². The summed E-state index contributed by atoms with van der Waals surface area (Å²) in [4.78, 5) is 16.9. The van der Waals surface area contributed by atoms with Crippen molar-refractivity contribution in [3.05, 3.63) is 53.9 Å². The molecule has 1 N–H and O–H groups in total. The number of hydrogen-bond acceptors (Lipinski definition) is 5. The van der Waals surface area contributed by atoms with Gasteiger partial charge in [0.05, 0.1) is 0 Å². The van der Waals surface area contributed by atoms with E-state index in [2.05, 4.69) is 25.1 Å². The van der Waals surface area contributed by atoms with Crippen LogP contribution in [0.25, 0.3) is 10.8 Å². The summed E-state index contributed by atoms with van der Waals surface area (Å²) in [5.74, 6) is 1.67. The summed E-state index contributed by atoms with van der Waals surface area (Å²) in [5.41, 5.74) is 0.451. The molecule has 3 heterocycles. The van der Waals surface area contributed by atoms with Gasteiger partial charge in [0.25, 0.3) is 5.91 Å². The minimum atomic E-state index is -0.129. The lowest BCUT2D eigenvalue weighted by atomic mass is 10.1. The average Bonchev–Trinajstić information content (AvgIpc) is 2.93. The minimum Gasteiger partial charge on any atom is -0.377 e. The van der Waals surface area contributed by atoms with Gasteiger partial charge in [-0.1, -0.05) is 24.3 Å². The van der Waals surface area contributed by atoms with Gasteiger partial charge in [-0.15, -0.1) is 10.2 Å². The summed E-state index contributed by atoms with van der Waals surface area (Å²) in [6.45, 7) is 1.22. The number of aryl methyl sites for hydroxylation is 1. The maximum Gasteiger partial charge on any atom is 0.270 e. The molecule has 1 aliphatic heterocycles. The number of aromatic nitrogens is 4. The molecule has 1 aromatic carbocycles. The molecule has 0 bridgehead atoms. The first-order valence-corrected chi connectivity index (χ1v) is 8.80. The van der Waals surface area contributed by atoms with Crippen LogP contribution in [-0.4, -0.2) is 38.8 Å². The molecule has 0 saturated heterocycles. The van der Waals surface area contributed by atoms with Crippen LogP contribution >= 0.6 is 0 Å². The number of carbonyl (C=O) groups excluding carboxylic acids is 1. The number of pyridine rings is 1. The molecule has 134 valence electrons. The fourth-order valence-electron chi connectivity index (χ4n) is 3.40. The summed E-state index contributed by atoms with van der Waals surface area (Å²) >= 11 is 0. The first-order valence-electron chi connectivity index (χ1n) is 8.80. The molecule has 1 amide bonds. The minimum absolute atomic E-state index is 0.0906. The third kappa shape index (κ3) is 3.30. The Kier molecular flexibility index (Phi) is 4.62. The number of ether oxygens (including phenoxy) is 1. The molecule has 0 saturated carbocycles. The van der Waals surface area contributed by atoms with E-state index >= 15 is 0 Å². The van der Waals surface area contributed by atoms with Crippen molar-refractivity contribution in [3.8, 4) is 0 Å². The number of amides is 1. The molecular formula is C19H21N5O2. The Bertz CT molecular complexity index is 937. The molecule has 3 aromatic rings. The summed E-state index contributed by atoms with van der Waals surface area (Å²) < 4.78 is 7.28. The van der Waals surface area contributed by atoms with E-state index in [-0.39, 0.29) is 11.9 Å². The number of nitrogens with one attached hydrogen (secondary N) is 1. The SMILES string of the molecule is COCc1nnc2n1CCC(NC(=O)c1cc3ccccc3cn1)CC2. The van der Waals surface area contributed by atoms with E-state index in [9.17, 15) is 4.79 Å². The third-order valence-corrected chi connectivity index (χ3v) is 4.79. The van der Waals surface area contributed by atoms with Crippen LogP contribution in [0.4, 0.5) is 0 Å². The lowest BCUT2D eigenvalue weighted by Gasteiger charge is -2.16. The molecule has 26 heavy (non-hydrogen) atoms. The van der Waals surface area contributed by atoms with Crippen molar-refractivity contribution in [1.29, 1.82) is 0 Å². The number of benzene rings is 1. The molecular weight excluding hydrogens is 330 g/mol. The lowest BCUT2D eigenvalue weighted by Crippen LogP contribution is -2.35. The summed E-state index contributed by atoms with van der Waals surface area (Å²) in [7, 11) is 1.65. The standard InChI is InChI=1S/C19H21N5O2/c1-26-12-18-23-22-17-7-6-15(8-9-24(17)18)21-19(25)16-10-13-4-2-3-5-14(13)11-20-16/h2-5,10-11,15H,6-9,12H2,1H3,(H,21,25). The lowest BCUT2D eigenvalue weighted by molar-refractivity contribution is 0.0928. The molecule has 0 fully saturated rings. The van der Waals surface area contributed by atoms with E-state index in [0.717, 1.165) is 48.2 Å². The molecule has 0 spiro atoms. The fraction of sp³-hybridized carbons (Fsp3) is 0.368. The van der Waals surface area contributed by atoms with Gasteiger partial charge in [0.2, 0.25) is 0 Å². The number of fused-ring (bicyclic) bond motifs is 2. The van der Waals surface area contributed by atoms with E-state index in [1.165, 1.54) is 0 Å². The summed E-state index contributed by atoms with van der Waals surface area (Å²) in [6, 6.07) is 9.83. The van der Waals surface area contributed by atoms with Crippen LogP contribution < -0.4 is 5.32 Å². The van der Waals surface area contributed by atoms with Gasteiger partial charge in [-0.2, -0.15) is 0 Å². The van der Waals surface area contributed by atoms with Crippen molar-refractivity contribution in [2.45, 2.75) is 38.5 Å². The van der Waals surface area contributed by atoms with Gasteiger partial charge in [0.1, 0.15) is 18.1 Å². The zero-order valence-corrected chi connectivity index (χ0v) is 14.7. The van der Waals surface area contributed by atoms with Crippen LogP contribution in [0.3, 0.4) is 0 Å². The third-order valence-electron chi connectivity index (χ3n) is 4.79. The van der Waals surface area contributed by atoms with E-state index in [1.807, 2.05) is 30.3 Å². The second-order valence-corrected chi connectivity index (χ2v) is 6.53. The Balaban J connectivity index is 1.44. The molecule has 7 nitrogen and oxygen atoms in total. The second kappa shape index (κ2) is 7.21. The van der Waals surface area contributed by atoms with Crippen molar-refractivity contribution >= 4 is 16.7 Å². The normalized spacial score (nSPS) is 16.9. The molecule has 0 aliphatic carbocycles. The maximum absolute atomic E-state index is 12.6. The summed E-state index contributed by atoms with van der Waals surface area (Å²) in [6.07, 6.45) is 4.20. The van der Waals surface area contributed by atoms with Gasteiger partial charge in [0, 0.05) is 37.7 Å². The first-order chi connectivity index (χ1) is 12.7. The van der Waals surface area contributed by atoms with Gasteiger partial charge in [0.15, 0.2) is 5.82 Å². The van der Waals surface area contributed by atoms with Gasteiger partial charge < -0.3 is 14.6 Å². The molecule has 0 radical (unpaired) electrons. The topological polar surface area (TPSA) is 81.9 Å². The van der Waals surface area contributed by atoms with Gasteiger partial charge in [-0.25, -0.2) is 0 Å². The Labute approximate surface area is 151 Å². The largest absolute Gasteiger partial charge is 0.377 e. The van der Waals surface area contributed by atoms with Crippen LogP contribution in [0.1, 0.15) is 35.0 Å². The average molecular weight is 351 g/mol. The highest BCUT2D eigenvalue weighted by atomic mass is 16.5. The summed E-state index contributed by atoms with van der Waals surface area (Å²) in [5, 5.41) is 13.6. The smallest absolute Gasteiger partial charge is 0.270 e. The van der Waals surface area contributed by atoms with Crippen molar-refractivity contribution in [2.75, 3.05) is 7.11 Å². The highest BCUT2D eigenvalue weighted by molar-refractivity contribution is 5.96. The van der Waals surface area contributed by atoms with E-state index in [4.69, 9.17) is 4.74 Å². The van der Waals surface area contributed by atoms with E-state index < -0.39 is 0 Å². The number of rotatable bonds is 4. The van der Waals surface area contributed by atoms with Crippen molar-refractivity contribution < 1.29 is 9.53 Å². The van der Waals surface area contributed by atoms with Crippen molar-refractivity contribution in [3.63, 3.8) is 0 Å². The maximum atomic E-state index is 12.6. The monoisotopic (exact) mass is 351 g/mol. The number of carbonyl (C=O) groups is 1. The van der Waals surface area contributed by atoms with E-state index in [0.29, 0.717) is 12.3 Å². The Morgan fingerprint density at radius 1 is 1.27 bits per heavy atom. The van der Waals surface area contributed by atoms with Gasteiger partial charge in [-0.3, -0.25) is 9.78 Å². The van der Waals surface area contributed by atoms with Crippen LogP contribution in [-0.2, 0) is 24.3 Å². The highest BCUT2D eigenvalue weighted by Crippen LogP contribution is 2.17. The number of methoxy groups -OCH3 is 1. The Morgan fingerprint density at radius 2 is 2.12 bits per heavy atom. The Hall–Kier alpha value is -2.80. The van der Waals surface area contributed by atoms with Crippen LogP contribution in [0.2, 0.25) is 0 Å². The number of nitrogens with zero attached hydrogens (tertiary/aromatic N) is 4. The molecule has 2 aromatic heterocycles. The predicted octanol–water partition coefficient (Wildman–Crippen LogP) is 2.11. The number of hydrogen-bond donors (Lipinski definition) is 1. The molecule has 4 rings (SSSR count). The highest BCUT2D eigenvalue weighted by Gasteiger charge is 2.22. The molecule has 1 aliphatic rings. The quantitative estimate of drug-likeness (QED) is 0.778.